The molecule has 1 aliphatic rings. The Morgan fingerprint density at radius 3 is 2.61 bits per heavy atom. The highest BCUT2D eigenvalue weighted by Crippen LogP contribution is 2.28. The first-order valence-corrected chi connectivity index (χ1v) is 6.48. The lowest BCUT2D eigenvalue weighted by molar-refractivity contribution is -0.147. The number of aliphatic hydroxyl groups excluding tert-OH is 1. The zero-order valence-corrected chi connectivity index (χ0v) is 11.6. The summed E-state index contributed by atoms with van der Waals surface area (Å²) in [6, 6.07) is 6.56. The van der Waals surface area contributed by atoms with Gasteiger partial charge in [0.2, 0.25) is 0 Å². The van der Waals surface area contributed by atoms with Gasteiger partial charge in [0.25, 0.3) is 0 Å². The van der Waals surface area contributed by atoms with Crippen molar-refractivity contribution in [1.29, 1.82) is 0 Å². The van der Waals surface area contributed by atoms with Gasteiger partial charge in [-0.2, -0.15) is 0 Å². The average molecular weight is 249 g/mol. The summed E-state index contributed by atoms with van der Waals surface area (Å²) in [7, 11) is 2.11. The predicted molar refractivity (Wildman–Crippen MR) is 72.6 cm³/mol. The predicted octanol–water partition coefficient (Wildman–Crippen LogP) is 1.74. The van der Waals surface area contributed by atoms with Gasteiger partial charge < -0.3 is 14.7 Å². The van der Waals surface area contributed by atoms with Crippen molar-refractivity contribution >= 4 is 0 Å². The van der Waals surface area contributed by atoms with Crippen LogP contribution in [0.3, 0.4) is 0 Å². The summed E-state index contributed by atoms with van der Waals surface area (Å²) in [5, 5.41) is 9.44. The maximum Gasteiger partial charge on any atom is 0.0579 e. The molecule has 1 aromatic carbocycles. The minimum atomic E-state index is -0.0352. The van der Waals surface area contributed by atoms with Crippen LogP contribution >= 0.6 is 0 Å². The van der Waals surface area contributed by atoms with E-state index in [-0.39, 0.29) is 12.0 Å². The zero-order valence-electron chi connectivity index (χ0n) is 11.6. The number of rotatable bonds is 5. The second kappa shape index (κ2) is 5.39. The zero-order chi connectivity index (χ0) is 13.2. The molecular weight excluding hydrogens is 226 g/mol. The molecule has 0 aliphatic carbocycles. The highest BCUT2D eigenvalue weighted by molar-refractivity contribution is 5.30. The van der Waals surface area contributed by atoms with Crippen LogP contribution in [0.2, 0.25) is 0 Å². The van der Waals surface area contributed by atoms with Crippen LogP contribution in [0, 0.1) is 19.3 Å². The first kappa shape index (κ1) is 13.5. The summed E-state index contributed by atoms with van der Waals surface area (Å²) >= 11 is 0. The molecule has 2 rings (SSSR count). The molecule has 1 heterocycles. The number of hydrogen-bond acceptors (Lipinski definition) is 3. The fourth-order valence-corrected chi connectivity index (χ4v) is 2.51. The molecule has 0 atom stereocenters. The number of nitrogens with zero attached hydrogens (tertiary/aromatic N) is 1. The normalized spacial score (nSPS) is 17.8. The van der Waals surface area contributed by atoms with Crippen LogP contribution in [0.4, 0.5) is 0 Å². The van der Waals surface area contributed by atoms with E-state index in [4.69, 9.17) is 4.74 Å². The molecule has 1 aromatic rings. The third-order valence-electron chi connectivity index (χ3n) is 3.70. The molecule has 1 saturated heterocycles. The van der Waals surface area contributed by atoms with E-state index >= 15 is 0 Å². The fraction of sp³-hybridized carbons (Fsp3) is 0.600. The summed E-state index contributed by atoms with van der Waals surface area (Å²) in [4.78, 5) is 2.28. The Hall–Kier alpha value is -0.900. The van der Waals surface area contributed by atoms with Gasteiger partial charge in [0, 0.05) is 13.1 Å². The first-order valence-electron chi connectivity index (χ1n) is 6.48. The van der Waals surface area contributed by atoms with Gasteiger partial charge in [0.15, 0.2) is 0 Å². The smallest absolute Gasteiger partial charge is 0.0579 e. The van der Waals surface area contributed by atoms with Gasteiger partial charge in [0.05, 0.1) is 25.2 Å². The van der Waals surface area contributed by atoms with Crippen LogP contribution < -0.4 is 0 Å². The van der Waals surface area contributed by atoms with Crippen molar-refractivity contribution in [2.24, 2.45) is 5.41 Å². The lowest BCUT2D eigenvalue weighted by atomic mass is 9.86. The second-order valence-corrected chi connectivity index (χ2v) is 5.75. The molecule has 1 aliphatic heterocycles. The molecule has 0 radical (unpaired) electrons. The van der Waals surface area contributed by atoms with Crippen LogP contribution in [-0.2, 0) is 11.3 Å². The van der Waals surface area contributed by atoms with Crippen LogP contribution in [0.15, 0.2) is 18.2 Å². The van der Waals surface area contributed by atoms with Gasteiger partial charge in [-0.1, -0.05) is 23.8 Å². The average Bonchev–Trinajstić information content (AvgIpc) is 2.28. The van der Waals surface area contributed by atoms with Crippen molar-refractivity contribution < 1.29 is 9.84 Å². The van der Waals surface area contributed by atoms with Crippen molar-refractivity contribution in [3.8, 4) is 0 Å². The standard InChI is InChI=1S/C15H23NO2/c1-12-4-5-13(2)14(6-12)7-16(3)8-15(9-17)10-18-11-15/h4-6,17H,7-11H2,1-3H3. The lowest BCUT2D eigenvalue weighted by Crippen LogP contribution is -2.52. The van der Waals surface area contributed by atoms with E-state index in [2.05, 4.69) is 44.0 Å². The summed E-state index contributed by atoms with van der Waals surface area (Å²) in [5.41, 5.74) is 3.96. The summed E-state index contributed by atoms with van der Waals surface area (Å²) in [6.07, 6.45) is 0. The van der Waals surface area contributed by atoms with E-state index in [1.54, 1.807) is 0 Å². The lowest BCUT2D eigenvalue weighted by Gasteiger charge is -2.42. The molecule has 1 N–H and O–H groups in total. The Balaban J connectivity index is 1.98. The van der Waals surface area contributed by atoms with Crippen molar-refractivity contribution in [3.05, 3.63) is 34.9 Å². The number of aliphatic hydroxyl groups is 1. The molecule has 0 bridgehead atoms. The van der Waals surface area contributed by atoms with Crippen molar-refractivity contribution in [2.75, 3.05) is 33.4 Å². The van der Waals surface area contributed by atoms with Crippen LogP contribution in [0.1, 0.15) is 16.7 Å². The van der Waals surface area contributed by atoms with E-state index in [0.29, 0.717) is 13.2 Å². The van der Waals surface area contributed by atoms with Crippen molar-refractivity contribution in [2.45, 2.75) is 20.4 Å². The monoisotopic (exact) mass is 249 g/mol. The Labute approximate surface area is 109 Å². The van der Waals surface area contributed by atoms with Gasteiger partial charge in [-0.3, -0.25) is 0 Å². The van der Waals surface area contributed by atoms with Crippen LogP contribution in [-0.4, -0.2) is 43.4 Å². The van der Waals surface area contributed by atoms with Crippen molar-refractivity contribution in [3.63, 3.8) is 0 Å². The van der Waals surface area contributed by atoms with E-state index in [1.165, 1.54) is 16.7 Å². The number of ether oxygens (including phenoxy) is 1. The molecule has 0 spiro atoms. The Bertz CT molecular complexity index is 407. The van der Waals surface area contributed by atoms with E-state index < -0.39 is 0 Å². The molecule has 0 saturated carbocycles. The quantitative estimate of drug-likeness (QED) is 0.863. The van der Waals surface area contributed by atoms with E-state index in [0.717, 1.165) is 13.1 Å². The molecule has 0 aromatic heterocycles. The molecule has 3 heteroatoms. The maximum atomic E-state index is 9.44. The molecule has 0 amide bonds. The minimum absolute atomic E-state index is 0.0352. The van der Waals surface area contributed by atoms with Gasteiger partial charge in [-0.15, -0.1) is 0 Å². The fourth-order valence-electron chi connectivity index (χ4n) is 2.51. The number of aryl methyl sites for hydroxylation is 2. The topological polar surface area (TPSA) is 32.7 Å². The van der Waals surface area contributed by atoms with E-state index in [1.807, 2.05) is 0 Å². The molecule has 0 unspecified atom stereocenters. The van der Waals surface area contributed by atoms with Crippen molar-refractivity contribution in [1.82, 2.24) is 4.90 Å². The highest BCUT2D eigenvalue weighted by Gasteiger charge is 2.38. The maximum absolute atomic E-state index is 9.44. The molecule has 3 nitrogen and oxygen atoms in total. The van der Waals surface area contributed by atoms with Crippen LogP contribution in [0.25, 0.3) is 0 Å². The third kappa shape index (κ3) is 2.91. The van der Waals surface area contributed by atoms with Gasteiger partial charge in [0.1, 0.15) is 0 Å². The van der Waals surface area contributed by atoms with E-state index in [9.17, 15) is 5.11 Å². The summed E-state index contributed by atoms with van der Waals surface area (Å²) in [6.45, 7) is 7.66. The second-order valence-electron chi connectivity index (χ2n) is 5.75. The Morgan fingerprint density at radius 2 is 2.06 bits per heavy atom. The Kier molecular flexibility index (Phi) is 4.05. The largest absolute Gasteiger partial charge is 0.396 e. The summed E-state index contributed by atoms with van der Waals surface area (Å²) < 4.78 is 5.24. The number of benzene rings is 1. The Morgan fingerprint density at radius 1 is 1.33 bits per heavy atom. The third-order valence-corrected chi connectivity index (χ3v) is 3.70. The molecule has 100 valence electrons. The SMILES string of the molecule is Cc1ccc(C)c(CN(C)CC2(CO)COC2)c1. The molecule has 1 fully saturated rings. The van der Waals surface area contributed by atoms with Crippen LogP contribution in [0.5, 0.6) is 0 Å². The highest BCUT2D eigenvalue weighted by atomic mass is 16.5. The first-order chi connectivity index (χ1) is 8.54. The summed E-state index contributed by atoms with van der Waals surface area (Å²) in [5.74, 6) is 0. The molecular formula is C15H23NO2. The van der Waals surface area contributed by atoms with Gasteiger partial charge in [-0.05, 0) is 32.0 Å². The molecule has 18 heavy (non-hydrogen) atoms. The number of hydrogen-bond donors (Lipinski definition) is 1. The minimum Gasteiger partial charge on any atom is -0.396 e. The van der Waals surface area contributed by atoms with Gasteiger partial charge in [-0.25, -0.2) is 0 Å². The van der Waals surface area contributed by atoms with Gasteiger partial charge >= 0.3 is 0 Å².